The van der Waals surface area contributed by atoms with Gasteiger partial charge in [0.1, 0.15) is 11.5 Å². The average molecular weight is 594 g/mol. The first-order chi connectivity index (χ1) is 21.2. The van der Waals surface area contributed by atoms with Gasteiger partial charge in [0.25, 0.3) is 0 Å². The Morgan fingerprint density at radius 1 is 0.568 bits per heavy atom. The first kappa shape index (κ1) is 33.2. The Bertz CT molecular complexity index is 1440. The molecule has 0 fully saturated rings. The molecule has 4 rings (SSSR count). The lowest BCUT2D eigenvalue weighted by molar-refractivity contribution is 0.287. The number of unbranched alkanes of at least 4 members (excludes halogenated alkanes) is 5. The van der Waals surface area contributed by atoms with Crippen molar-refractivity contribution in [3.8, 4) is 45.7 Å². The lowest BCUT2D eigenvalue weighted by atomic mass is 10.0. The van der Waals surface area contributed by atoms with Crippen molar-refractivity contribution < 1.29 is 9.47 Å². The molecule has 0 saturated heterocycles. The average Bonchev–Trinajstić information content (AvgIpc) is 2.98. The van der Waals surface area contributed by atoms with Crippen LogP contribution >= 0.6 is 0 Å². The van der Waals surface area contributed by atoms with Gasteiger partial charge in [0, 0.05) is 17.2 Å². The smallest absolute Gasteiger partial charge is 0.167 e. The van der Waals surface area contributed by atoms with Gasteiger partial charge < -0.3 is 9.47 Å². The van der Waals surface area contributed by atoms with Crippen molar-refractivity contribution in [2.45, 2.75) is 99.8 Å². The van der Waals surface area contributed by atoms with Crippen LogP contribution < -0.4 is 9.47 Å². The van der Waals surface area contributed by atoms with Crippen LogP contribution in [0, 0.1) is 33.6 Å². The standard InChI is InChI=1S/C39H51N3O2/c1-8-9-10-11-12-13-22-43-32-18-21-35(36(26-32)44-23-14-15-27(2)3)39-41-37(33-19-16-28(4)24-30(33)6)40-38(42-39)34-20-17-29(5)25-31(34)7/h16-21,24-27H,8-15,22-23H2,1-7H3. The maximum Gasteiger partial charge on any atom is 0.167 e. The molecule has 44 heavy (non-hydrogen) atoms. The Morgan fingerprint density at radius 3 is 1.66 bits per heavy atom. The Balaban J connectivity index is 1.72. The number of hydrogen-bond acceptors (Lipinski definition) is 5. The van der Waals surface area contributed by atoms with E-state index >= 15 is 0 Å². The van der Waals surface area contributed by atoms with Crippen molar-refractivity contribution in [2.24, 2.45) is 5.92 Å². The predicted molar refractivity (Wildman–Crippen MR) is 184 cm³/mol. The minimum absolute atomic E-state index is 0.603. The molecule has 0 aliphatic carbocycles. The molecule has 0 aliphatic rings. The van der Waals surface area contributed by atoms with E-state index in [9.17, 15) is 0 Å². The zero-order valence-electron chi connectivity index (χ0n) is 28.0. The number of aromatic nitrogens is 3. The third kappa shape index (κ3) is 9.38. The topological polar surface area (TPSA) is 57.1 Å². The highest BCUT2D eigenvalue weighted by atomic mass is 16.5. The largest absolute Gasteiger partial charge is 0.493 e. The molecule has 0 N–H and O–H groups in total. The minimum atomic E-state index is 0.603. The Kier molecular flexibility index (Phi) is 12.3. The van der Waals surface area contributed by atoms with E-state index in [2.05, 4.69) is 84.9 Å². The molecule has 0 aliphatic heterocycles. The number of ether oxygens (including phenoxy) is 2. The zero-order chi connectivity index (χ0) is 31.5. The maximum absolute atomic E-state index is 6.44. The van der Waals surface area contributed by atoms with Gasteiger partial charge in [-0.1, -0.05) is 100 Å². The molecule has 0 bridgehead atoms. The number of aryl methyl sites for hydroxylation is 4. The van der Waals surface area contributed by atoms with E-state index < -0.39 is 0 Å². The fourth-order valence-corrected chi connectivity index (χ4v) is 5.51. The number of hydrogen-bond donors (Lipinski definition) is 0. The second-order valence-electron chi connectivity index (χ2n) is 12.6. The van der Waals surface area contributed by atoms with E-state index in [0.29, 0.717) is 36.6 Å². The molecular formula is C39H51N3O2. The number of benzene rings is 3. The van der Waals surface area contributed by atoms with Crippen LogP contribution in [-0.4, -0.2) is 28.2 Å². The molecule has 0 atom stereocenters. The van der Waals surface area contributed by atoms with Crippen molar-refractivity contribution >= 4 is 0 Å². The van der Waals surface area contributed by atoms with E-state index in [-0.39, 0.29) is 0 Å². The highest BCUT2D eigenvalue weighted by Gasteiger charge is 2.18. The van der Waals surface area contributed by atoms with Crippen molar-refractivity contribution in [1.82, 2.24) is 15.0 Å². The van der Waals surface area contributed by atoms with Crippen molar-refractivity contribution in [1.29, 1.82) is 0 Å². The summed E-state index contributed by atoms with van der Waals surface area (Å²) in [5.74, 6) is 4.13. The Hall–Kier alpha value is -3.73. The van der Waals surface area contributed by atoms with Gasteiger partial charge in [-0.15, -0.1) is 0 Å². The second kappa shape index (κ2) is 16.4. The summed E-state index contributed by atoms with van der Waals surface area (Å²) in [5.41, 5.74) is 7.55. The molecule has 0 spiro atoms. The van der Waals surface area contributed by atoms with Gasteiger partial charge in [0.05, 0.1) is 18.8 Å². The van der Waals surface area contributed by atoms with E-state index in [4.69, 9.17) is 24.4 Å². The van der Waals surface area contributed by atoms with Crippen molar-refractivity contribution in [2.75, 3.05) is 13.2 Å². The highest BCUT2D eigenvalue weighted by Crippen LogP contribution is 2.35. The van der Waals surface area contributed by atoms with Crippen LogP contribution in [-0.2, 0) is 0 Å². The number of rotatable bonds is 16. The first-order valence-electron chi connectivity index (χ1n) is 16.6. The quantitative estimate of drug-likeness (QED) is 0.121. The zero-order valence-corrected chi connectivity index (χ0v) is 28.0. The first-order valence-corrected chi connectivity index (χ1v) is 16.6. The van der Waals surface area contributed by atoms with Gasteiger partial charge in [-0.2, -0.15) is 0 Å². The molecule has 0 unspecified atom stereocenters. The summed E-state index contributed by atoms with van der Waals surface area (Å²) >= 11 is 0. The molecule has 4 aromatic rings. The molecule has 1 heterocycles. The van der Waals surface area contributed by atoms with Crippen LogP contribution in [0.25, 0.3) is 34.2 Å². The van der Waals surface area contributed by atoms with E-state index in [0.717, 1.165) is 58.6 Å². The lowest BCUT2D eigenvalue weighted by Crippen LogP contribution is -2.05. The second-order valence-corrected chi connectivity index (χ2v) is 12.6. The fourth-order valence-electron chi connectivity index (χ4n) is 5.51. The van der Waals surface area contributed by atoms with Gasteiger partial charge in [-0.3, -0.25) is 0 Å². The molecule has 234 valence electrons. The normalized spacial score (nSPS) is 11.3. The lowest BCUT2D eigenvalue weighted by Gasteiger charge is -2.16. The van der Waals surface area contributed by atoms with E-state index in [1.54, 1.807) is 0 Å². The molecule has 0 radical (unpaired) electrons. The van der Waals surface area contributed by atoms with Crippen LogP contribution in [0.5, 0.6) is 11.5 Å². The summed E-state index contributed by atoms with van der Waals surface area (Å²) in [6.45, 7) is 16.5. The highest BCUT2D eigenvalue weighted by molar-refractivity contribution is 5.72. The summed E-state index contributed by atoms with van der Waals surface area (Å²) in [6, 6.07) is 18.9. The number of nitrogens with zero attached hydrogens (tertiary/aromatic N) is 3. The predicted octanol–water partition coefficient (Wildman–Crippen LogP) is 10.7. The van der Waals surface area contributed by atoms with Crippen LogP contribution in [0.2, 0.25) is 0 Å². The van der Waals surface area contributed by atoms with Crippen molar-refractivity contribution in [3.05, 3.63) is 76.9 Å². The van der Waals surface area contributed by atoms with Gasteiger partial charge in [0.2, 0.25) is 0 Å². The van der Waals surface area contributed by atoms with E-state index in [1.807, 2.05) is 18.2 Å². The summed E-state index contributed by atoms with van der Waals surface area (Å²) in [5, 5.41) is 0. The monoisotopic (exact) mass is 593 g/mol. The van der Waals surface area contributed by atoms with Crippen molar-refractivity contribution in [3.63, 3.8) is 0 Å². The van der Waals surface area contributed by atoms with Gasteiger partial charge >= 0.3 is 0 Å². The van der Waals surface area contributed by atoms with Crippen LogP contribution in [0.3, 0.4) is 0 Å². The Morgan fingerprint density at radius 2 is 1.09 bits per heavy atom. The summed E-state index contributed by atoms with van der Waals surface area (Å²) in [7, 11) is 0. The molecule has 5 heteroatoms. The third-order valence-electron chi connectivity index (χ3n) is 8.03. The molecular weight excluding hydrogens is 542 g/mol. The SMILES string of the molecule is CCCCCCCCOc1ccc(-c2nc(-c3ccc(C)cc3C)nc(-c3ccc(C)cc3C)n2)c(OCCCC(C)C)c1. The molecule has 1 aromatic heterocycles. The van der Waals surface area contributed by atoms with Crippen LogP contribution in [0.15, 0.2) is 54.6 Å². The fraction of sp³-hybridized carbons (Fsp3) is 0.462. The van der Waals surface area contributed by atoms with Gasteiger partial charge in [-0.05, 0) is 76.1 Å². The van der Waals surface area contributed by atoms with Crippen LogP contribution in [0.1, 0.15) is 94.4 Å². The van der Waals surface area contributed by atoms with Gasteiger partial charge in [0.15, 0.2) is 17.5 Å². The minimum Gasteiger partial charge on any atom is -0.493 e. The molecule has 0 saturated carbocycles. The van der Waals surface area contributed by atoms with E-state index in [1.165, 1.54) is 43.2 Å². The molecule has 3 aromatic carbocycles. The van der Waals surface area contributed by atoms with Gasteiger partial charge in [-0.25, -0.2) is 15.0 Å². The van der Waals surface area contributed by atoms with Crippen LogP contribution in [0.4, 0.5) is 0 Å². The molecule has 0 amide bonds. The third-order valence-corrected chi connectivity index (χ3v) is 8.03. The summed E-state index contributed by atoms with van der Waals surface area (Å²) < 4.78 is 12.6. The summed E-state index contributed by atoms with van der Waals surface area (Å²) in [6.07, 6.45) is 9.51. The Labute approximate surface area is 265 Å². The molecule has 5 nitrogen and oxygen atoms in total. The summed E-state index contributed by atoms with van der Waals surface area (Å²) in [4.78, 5) is 15.1. The maximum atomic E-state index is 6.44.